The average Bonchev–Trinajstić information content (AvgIpc) is 0.736. The third-order valence-corrected chi connectivity index (χ3v) is 28.4. The minimum atomic E-state index is -1.22. The van der Waals surface area contributed by atoms with Gasteiger partial charge in [0.05, 0.1) is 23.8 Å². The predicted octanol–water partition coefficient (Wildman–Crippen LogP) is 16.6. The molecule has 0 aliphatic heterocycles. The molecule has 0 amide bonds. The van der Waals surface area contributed by atoms with Crippen LogP contribution in [0.4, 0.5) is 0 Å². The van der Waals surface area contributed by atoms with Crippen molar-refractivity contribution in [3.63, 3.8) is 0 Å². The first-order chi connectivity index (χ1) is 52.0. The van der Waals surface area contributed by atoms with Crippen LogP contribution in [0.1, 0.15) is 13.8 Å². The molecule has 0 aliphatic rings. The Morgan fingerprint density at radius 2 is 0.292 bits per heavy atom. The number of benzene rings is 16. The van der Waals surface area contributed by atoms with Crippen LogP contribution in [0.15, 0.2) is 485 Å². The molecule has 16 aromatic carbocycles. The fraction of sp³-hybridized carbons (Fsp3) is 0.0202. The van der Waals surface area contributed by atoms with Crippen molar-refractivity contribution < 1.29 is 21.9 Å². The van der Waals surface area contributed by atoms with Crippen molar-refractivity contribution in [2.45, 2.75) is 13.8 Å². The summed E-state index contributed by atoms with van der Waals surface area (Å²) < 4.78 is 0. The first kappa shape index (κ1) is 78.1. The van der Waals surface area contributed by atoms with Gasteiger partial charge in [-0.3, -0.25) is 0 Å². The van der Waals surface area contributed by atoms with Crippen LogP contribution in [0.3, 0.4) is 0 Å². The molecular weight excluding hydrogens is 1400 g/mol. The largest absolute Gasteiger partial charge is 1.00 e. The summed E-state index contributed by atoms with van der Waals surface area (Å²) in [7, 11) is -3.08. The Bertz CT molecular complexity index is 3970. The van der Waals surface area contributed by atoms with E-state index in [-0.39, 0.29) is 22.9 Å². The van der Waals surface area contributed by atoms with E-state index in [9.17, 15) is 4.79 Å². The van der Waals surface area contributed by atoms with Gasteiger partial charge in [-0.1, -0.05) is 376 Å². The smallest absolute Gasteiger partial charge is 0.300 e. The van der Waals surface area contributed by atoms with Crippen LogP contribution < -0.4 is 85.5 Å². The number of Topliss-reactive ketones (excluding diaryl/α,β-unsaturated/α-hetero) is 1. The number of carbonyl (C=O) groups excluding carboxylic acids is 1. The van der Waals surface area contributed by atoms with Crippen molar-refractivity contribution >= 4 is 129 Å². The van der Waals surface area contributed by atoms with Gasteiger partial charge in [0.2, 0.25) is 0 Å². The first-order valence-corrected chi connectivity index (χ1v) is 41.7. The topological polar surface area (TPSA) is 17.1 Å². The average molecular weight is 1490 g/mol. The van der Waals surface area contributed by atoms with E-state index in [1.54, 1.807) is 0 Å². The molecule has 0 radical (unpaired) electrons. The number of hydrogen-bond acceptors (Lipinski definition) is 1. The normalized spacial score (nSPS) is 10.5. The van der Waals surface area contributed by atoms with Crippen LogP contribution in [0, 0.1) is 0 Å². The Labute approximate surface area is 645 Å². The van der Waals surface area contributed by atoms with Gasteiger partial charge in [-0.2, -0.15) is 21.9 Å². The summed E-state index contributed by atoms with van der Waals surface area (Å²) in [6, 6.07) is 173. The minimum absolute atomic E-state index is 0. The van der Waals surface area contributed by atoms with Crippen molar-refractivity contribution in [1.29, 1.82) is 0 Å². The van der Waals surface area contributed by atoms with E-state index in [1.165, 1.54) is 99.4 Å². The van der Waals surface area contributed by atoms with Gasteiger partial charge >= 0.3 is 17.1 Å². The number of rotatable bonds is 16. The molecule has 0 saturated heterocycles. The van der Waals surface area contributed by atoms with Crippen LogP contribution in [0.25, 0.3) is 0 Å². The molecule has 0 fully saturated rings. The second-order valence-electron chi connectivity index (χ2n) is 25.2. The van der Waals surface area contributed by atoms with Crippen LogP contribution in [0.5, 0.6) is 0 Å². The Morgan fingerprint density at radius 3 is 0.415 bits per heavy atom. The molecule has 16 aromatic rings. The van der Waals surface area contributed by atoms with E-state index in [2.05, 4.69) is 485 Å². The number of carbonyl (C=O) groups is 1. The SMILES string of the molecule is CC(C)=O.[Cu+].c1ccc(P(c2ccccc2)c2ccccc2)cc1.c1ccc([B-](c2ccccc2)(c2ccccc2)c2ccccc2)cc1.c1ccc([PH+](c2ccccc2)c2ccccc2)cc1.c1ccc([PH+](c2ccccc2)c2ccccc2)cc1.c1ccc([PH+](c2ccccc2)c2ccccc2)cc1. The van der Waals surface area contributed by atoms with Gasteiger partial charge in [0, 0.05) is 0 Å². The Hall–Kier alpha value is -10.5. The molecule has 522 valence electrons. The van der Waals surface area contributed by atoms with E-state index in [0.29, 0.717) is 0 Å². The van der Waals surface area contributed by atoms with E-state index in [4.69, 9.17) is 0 Å². The molecule has 0 spiro atoms. The maximum Gasteiger partial charge on any atom is 1.00 e. The third kappa shape index (κ3) is 22.3. The van der Waals surface area contributed by atoms with Crippen molar-refractivity contribution in [3.8, 4) is 0 Å². The van der Waals surface area contributed by atoms with Gasteiger partial charge in [0.1, 0.15) is 59.7 Å². The van der Waals surface area contributed by atoms with Gasteiger partial charge in [0.25, 0.3) is 0 Å². The predicted molar refractivity (Wildman–Crippen MR) is 471 cm³/mol. The fourth-order valence-corrected chi connectivity index (χ4v) is 23.3. The molecule has 0 bridgehead atoms. The van der Waals surface area contributed by atoms with E-state index >= 15 is 0 Å². The molecular formula is C99H89BCuOP4+3. The van der Waals surface area contributed by atoms with Gasteiger partial charge in [-0.05, 0) is 147 Å². The van der Waals surface area contributed by atoms with E-state index in [0.717, 1.165) is 0 Å². The second-order valence-corrected chi connectivity index (χ2v) is 34.8. The maximum absolute atomic E-state index is 9.44. The summed E-state index contributed by atoms with van der Waals surface area (Å²) in [6.07, 6.45) is -1.22. The van der Waals surface area contributed by atoms with Gasteiger partial charge in [-0.15, -0.1) is 0 Å². The summed E-state index contributed by atoms with van der Waals surface area (Å²) in [5.41, 5.74) is 5.36. The van der Waals surface area contributed by atoms with Crippen molar-refractivity contribution in [2.75, 3.05) is 0 Å². The summed E-state index contributed by atoms with van der Waals surface area (Å²) in [6.45, 7) is 3.06. The molecule has 16 rings (SSSR count). The van der Waals surface area contributed by atoms with E-state index in [1.807, 2.05) is 0 Å². The monoisotopic (exact) mass is 1490 g/mol. The van der Waals surface area contributed by atoms with Crippen LogP contribution in [-0.2, 0) is 21.9 Å². The van der Waals surface area contributed by atoms with Crippen molar-refractivity contribution in [1.82, 2.24) is 0 Å². The Kier molecular flexibility index (Phi) is 31.7. The van der Waals surface area contributed by atoms with Gasteiger partial charge in [-0.25, -0.2) is 0 Å². The quantitative estimate of drug-likeness (QED) is 0.0696. The molecule has 106 heavy (non-hydrogen) atoms. The van der Waals surface area contributed by atoms with Gasteiger partial charge < -0.3 is 4.79 Å². The molecule has 0 unspecified atom stereocenters. The van der Waals surface area contributed by atoms with Crippen molar-refractivity contribution in [3.05, 3.63) is 485 Å². The summed E-state index contributed by atoms with van der Waals surface area (Å²) in [5.74, 6) is 0.167. The van der Waals surface area contributed by atoms with Crippen LogP contribution in [-0.4, -0.2) is 11.9 Å². The maximum atomic E-state index is 9.44. The molecule has 1 nitrogen and oxygen atoms in total. The molecule has 0 aromatic heterocycles. The van der Waals surface area contributed by atoms with E-state index < -0.39 is 37.8 Å². The van der Waals surface area contributed by atoms with Crippen LogP contribution in [0.2, 0.25) is 0 Å². The Morgan fingerprint density at radius 1 is 0.189 bits per heavy atom. The zero-order valence-electron chi connectivity index (χ0n) is 59.9. The number of hydrogen-bond donors (Lipinski definition) is 0. The molecule has 0 N–H and O–H groups in total. The molecule has 0 saturated carbocycles. The van der Waals surface area contributed by atoms with Gasteiger partial charge in [0.15, 0.2) is 0 Å². The molecule has 0 heterocycles. The summed E-state index contributed by atoms with van der Waals surface area (Å²) in [4.78, 5) is 9.44. The minimum Gasteiger partial charge on any atom is -0.300 e. The van der Waals surface area contributed by atoms with Crippen LogP contribution >= 0.6 is 31.7 Å². The first-order valence-electron chi connectivity index (χ1n) is 35.9. The summed E-state index contributed by atoms with van der Waals surface area (Å²) in [5, 5.41) is 17.1. The molecule has 0 aliphatic carbocycles. The fourth-order valence-electron chi connectivity index (χ4n) is 13.2. The summed E-state index contributed by atoms with van der Waals surface area (Å²) >= 11 is 0. The molecule has 0 atom stereocenters. The third-order valence-electron chi connectivity index (χ3n) is 17.8. The standard InChI is InChI=1S/C24H20B.4C18H15P.C3H6O.Cu/c1-5-13-21(14-6-1)25(22-15-7-2-8-16-22,23-17-9-3-10-18-23)24-19-11-4-12-20-24;4*1-4-10-16(11-5-1)19(17-12-6-2-7-13-17)18-14-8-3-9-15-18;1-3(2)4;/h1-20H;4*1-15H;1-2H3;/q-1;;;;;;+1/p+3. The van der Waals surface area contributed by atoms with Crippen molar-refractivity contribution in [2.24, 2.45) is 0 Å². The Balaban J connectivity index is 0.000000140. The zero-order valence-corrected chi connectivity index (χ0v) is 64.8. The molecule has 7 heteroatoms. The second kappa shape index (κ2) is 43.1. The zero-order chi connectivity index (χ0) is 72.2. The number of ketones is 1.